The first kappa shape index (κ1) is 13.9. The van der Waals surface area contributed by atoms with E-state index in [1.807, 2.05) is 13.8 Å². The lowest BCUT2D eigenvalue weighted by molar-refractivity contribution is -0.137. The number of halogens is 3. The van der Waals surface area contributed by atoms with E-state index < -0.39 is 17.8 Å². The zero-order valence-electron chi connectivity index (χ0n) is 10.7. The minimum Gasteiger partial charge on any atom is -0.439 e. The maximum absolute atomic E-state index is 12.6. The van der Waals surface area contributed by atoms with Crippen LogP contribution in [0.5, 0.6) is 0 Å². The van der Waals surface area contributed by atoms with Gasteiger partial charge in [-0.1, -0.05) is 13.8 Å². The molecule has 2 aromatic rings. The topological polar surface area (TPSA) is 52.0 Å². The van der Waals surface area contributed by atoms with Gasteiger partial charge in [0.1, 0.15) is 5.52 Å². The third kappa shape index (κ3) is 3.07. The highest BCUT2D eigenvalue weighted by molar-refractivity contribution is 5.73. The standard InChI is InChI=1S/C13H15F3N2O/c1-7(2)5-9(17)12-18-10-6-8(13(14,15)16)3-4-11(10)19-12/h3-4,6-7,9H,5,17H2,1-2H3. The molecule has 0 aliphatic carbocycles. The molecular weight excluding hydrogens is 257 g/mol. The maximum Gasteiger partial charge on any atom is 0.416 e. The van der Waals surface area contributed by atoms with E-state index in [4.69, 9.17) is 10.2 Å². The van der Waals surface area contributed by atoms with Crippen molar-refractivity contribution in [2.24, 2.45) is 11.7 Å². The van der Waals surface area contributed by atoms with E-state index in [-0.39, 0.29) is 11.4 Å². The summed E-state index contributed by atoms with van der Waals surface area (Å²) in [6.07, 6.45) is -3.72. The Hall–Kier alpha value is -1.56. The summed E-state index contributed by atoms with van der Waals surface area (Å²) in [7, 11) is 0. The van der Waals surface area contributed by atoms with Gasteiger partial charge in [0.05, 0.1) is 11.6 Å². The van der Waals surface area contributed by atoms with Gasteiger partial charge in [0.2, 0.25) is 5.89 Å². The molecule has 1 heterocycles. The van der Waals surface area contributed by atoms with Crippen molar-refractivity contribution < 1.29 is 17.6 Å². The summed E-state index contributed by atoms with van der Waals surface area (Å²) in [6, 6.07) is 2.83. The normalized spacial score (nSPS) is 14.3. The fourth-order valence-electron chi connectivity index (χ4n) is 1.89. The molecule has 0 saturated heterocycles. The zero-order valence-corrected chi connectivity index (χ0v) is 10.7. The van der Waals surface area contributed by atoms with Crippen molar-refractivity contribution in [2.45, 2.75) is 32.5 Å². The van der Waals surface area contributed by atoms with Gasteiger partial charge < -0.3 is 10.2 Å². The molecule has 0 amide bonds. The van der Waals surface area contributed by atoms with Crippen LogP contribution in [0.1, 0.15) is 37.8 Å². The van der Waals surface area contributed by atoms with Gasteiger partial charge in [-0.25, -0.2) is 4.98 Å². The summed E-state index contributed by atoms with van der Waals surface area (Å²) in [5, 5.41) is 0. The van der Waals surface area contributed by atoms with Crippen LogP contribution < -0.4 is 5.73 Å². The van der Waals surface area contributed by atoms with Crippen molar-refractivity contribution in [1.29, 1.82) is 0 Å². The Morgan fingerprint density at radius 2 is 2.00 bits per heavy atom. The van der Waals surface area contributed by atoms with Gasteiger partial charge in [-0.2, -0.15) is 13.2 Å². The van der Waals surface area contributed by atoms with Crippen molar-refractivity contribution >= 4 is 11.1 Å². The number of fused-ring (bicyclic) bond motifs is 1. The lowest BCUT2D eigenvalue weighted by Gasteiger charge is -2.09. The van der Waals surface area contributed by atoms with Crippen LogP contribution in [0.15, 0.2) is 22.6 Å². The molecule has 0 aliphatic heterocycles. The summed E-state index contributed by atoms with van der Waals surface area (Å²) in [6.45, 7) is 4.01. The molecule has 3 nitrogen and oxygen atoms in total. The molecule has 6 heteroatoms. The molecule has 19 heavy (non-hydrogen) atoms. The summed E-state index contributed by atoms with van der Waals surface area (Å²) >= 11 is 0. The van der Waals surface area contributed by atoms with Gasteiger partial charge in [0.15, 0.2) is 5.58 Å². The highest BCUT2D eigenvalue weighted by atomic mass is 19.4. The summed E-state index contributed by atoms with van der Waals surface area (Å²) in [5.41, 5.74) is 5.67. The quantitative estimate of drug-likeness (QED) is 0.922. The predicted molar refractivity (Wildman–Crippen MR) is 65.4 cm³/mol. The van der Waals surface area contributed by atoms with Gasteiger partial charge in [0.25, 0.3) is 0 Å². The molecule has 1 aromatic heterocycles. The van der Waals surface area contributed by atoms with E-state index in [0.29, 0.717) is 17.9 Å². The van der Waals surface area contributed by atoms with Crippen LogP contribution in [-0.4, -0.2) is 4.98 Å². The maximum atomic E-state index is 12.6. The Kier molecular flexibility index (Phi) is 3.54. The summed E-state index contributed by atoms with van der Waals surface area (Å²) in [4.78, 5) is 4.05. The predicted octanol–water partition coefficient (Wildman–Crippen LogP) is 3.89. The number of hydrogen-bond acceptors (Lipinski definition) is 3. The Labute approximate surface area is 108 Å². The van der Waals surface area contributed by atoms with Crippen LogP contribution in [0.25, 0.3) is 11.1 Å². The van der Waals surface area contributed by atoms with Crippen LogP contribution in [0.3, 0.4) is 0 Å². The molecule has 2 N–H and O–H groups in total. The Bertz CT molecular complexity index is 575. The van der Waals surface area contributed by atoms with E-state index >= 15 is 0 Å². The van der Waals surface area contributed by atoms with Crippen LogP contribution in [0.4, 0.5) is 13.2 Å². The monoisotopic (exact) mass is 272 g/mol. The van der Waals surface area contributed by atoms with E-state index in [9.17, 15) is 13.2 Å². The van der Waals surface area contributed by atoms with Crippen molar-refractivity contribution in [3.63, 3.8) is 0 Å². The second-order valence-electron chi connectivity index (χ2n) is 4.97. The van der Waals surface area contributed by atoms with E-state index in [1.165, 1.54) is 6.07 Å². The molecule has 0 saturated carbocycles. The Morgan fingerprint density at radius 3 is 2.58 bits per heavy atom. The van der Waals surface area contributed by atoms with Crippen LogP contribution in [-0.2, 0) is 6.18 Å². The average Bonchev–Trinajstić information content (AvgIpc) is 2.69. The third-order valence-corrected chi connectivity index (χ3v) is 2.77. The minimum atomic E-state index is -4.38. The second-order valence-corrected chi connectivity index (χ2v) is 4.97. The van der Waals surface area contributed by atoms with Crippen LogP contribution in [0, 0.1) is 5.92 Å². The molecule has 0 aliphatic rings. The number of oxazole rings is 1. The number of aromatic nitrogens is 1. The lowest BCUT2D eigenvalue weighted by atomic mass is 10.0. The molecule has 1 atom stereocenters. The van der Waals surface area contributed by atoms with Crippen LogP contribution in [0.2, 0.25) is 0 Å². The van der Waals surface area contributed by atoms with Gasteiger partial charge >= 0.3 is 6.18 Å². The molecule has 0 radical (unpaired) electrons. The average molecular weight is 272 g/mol. The number of hydrogen-bond donors (Lipinski definition) is 1. The molecule has 1 unspecified atom stereocenters. The Balaban J connectivity index is 2.35. The number of rotatable bonds is 3. The SMILES string of the molecule is CC(C)CC(N)c1nc2cc(C(F)(F)F)ccc2o1. The number of nitrogens with two attached hydrogens (primary N) is 1. The van der Waals surface area contributed by atoms with E-state index in [1.54, 1.807) is 0 Å². The fourth-order valence-corrected chi connectivity index (χ4v) is 1.89. The highest BCUT2D eigenvalue weighted by Crippen LogP contribution is 2.32. The second kappa shape index (κ2) is 4.85. The first-order chi connectivity index (χ1) is 8.77. The third-order valence-electron chi connectivity index (χ3n) is 2.77. The lowest BCUT2D eigenvalue weighted by Crippen LogP contribution is -2.13. The summed E-state index contributed by atoms with van der Waals surface area (Å²) < 4.78 is 43.1. The Morgan fingerprint density at radius 1 is 1.32 bits per heavy atom. The number of alkyl halides is 3. The molecule has 0 fully saturated rings. The fraction of sp³-hybridized carbons (Fsp3) is 0.462. The molecule has 0 bridgehead atoms. The molecule has 0 spiro atoms. The van der Waals surface area contributed by atoms with Crippen LogP contribution >= 0.6 is 0 Å². The smallest absolute Gasteiger partial charge is 0.416 e. The van der Waals surface area contributed by atoms with Crippen molar-refractivity contribution in [2.75, 3.05) is 0 Å². The largest absolute Gasteiger partial charge is 0.439 e. The van der Waals surface area contributed by atoms with Crippen molar-refractivity contribution in [3.8, 4) is 0 Å². The number of benzene rings is 1. The van der Waals surface area contributed by atoms with Gasteiger partial charge in [0, 0.05) is 0 Å². The molecule has 1 aromatic carbocycles. The van der Waals surface area contributed by atoms with E-state index in [0.717, 1.165) is 12.1 Å². The highest BCUT2D eigenvalue weighted by Gasteiger charge is 2.31. The molecule has 2 rings (SSSR count). The zero-order chi connectivity index (χ0) is 14.2. The minimum absolute atomic E-state index is 0.184. The van der Waals surface area contributed by atoms with Gasteiger partial charge in [-0.15, -0.1) is 0 Å². The van der Waals surface area contributed by atoms with E-state index in [2.05, 4.69) is 4.98 Å². The molecular formula is C13H15F3N2O. The molecule has 104 valence electrons. The first-order valence-corrected chi connectivity index (χ1v) is 6.00. The van der Waals surface area contributed by atoms with Gasteiger partial charge in [-0.3, -0.25) is 0 Å². The van der Waals surface area contributed by atoms with Crippen molar-refractivity contribution in [1.82, 2.24) is 4.98 Å². The van der Waals surface area contributed by atoms with Gasteiger partial charge in [-0.05, 0) is 30.5 Å². The van der Waals surface area contributed by atoms with Crippen molar-refractivity contribution in [3.05, 3.63) is 29.7 Å². The first-order valence-electron chi connectivity index (χ1n) is 6.00. The number of nitrogens with zero attached hydrogens (tertiary/aromatic N) is 1. The summed E-state index contributed by atoms with van der Waals surface area (Å²) in [5.74, 6) is 0.638.